The zero-order chi connectivity index (χ0) is 9.31. The Balaban J connectivity index is 2.26. The molecular weight excluding hydrogens is 162 g/mol. The highest BCUT2D eigenvalue weighted by molar-refractivity contribution is 5.32. The van der Waals surface area contributed by atoms with Crippen molar-refractivity contribution in [1.82, 2.24) is 0 Å². The van der Waals surface area contributed by atoms with Crippen molar-refractivity contribution >= 4 is 0 Å². The molecule has 0 saturated heterocycles. The van der Waals surface area contributed by atoms with Crippen LogP contribution < -0.4 is 5.90 Å². The van der Waals surface area contributed by atoms with Gasteiger partial charge in [-0.05, 0) is 25.3 Å². The second kappa shape index (κ2) is 3.13. The largest absolute Gasteiger partial charge is 0.301 e. The van der Waals surface area contributed by atoms with Crippen molar-refractivity contribution in [3.05, 3.63) is 35.9 Å². The molecule has 0 spiro atoms. The van der Waals surface area contributed by atoms with E-state index in [9.17, 15) is 0 Å². The van der Waals surface area contributed by atoms with Crippen molar-refractivity contribution in [2.24, 2.45) is 5.90 Å². The van der Waals surface area contributed by atoms with Crippen molar-refractivity contribution in [1.29, 1.82) is 0 Å². The number of nitrogens with two attached hydrogens (primary N) is 1. The van der Waals surface area contributed by atoms with Gasteiger partial charge in [-0.3, -0.25) is 0 Å². The normalized spacial score (nSPS) is 21.1. The van der Waals surface area contributed by atoms with Crippen LogP contribution in [0.15, 0.2) is 30.3 Å². The first kappa shape index (κ1) is 8.73. The predicted molar refractivity (Wildman–Crippen MR) is 52.1 cm³/mol. The molecule has 0 aromatic heterocycles. The van der Waals surface area contributed by atoms with Crippen LogP contribution in [0.4, 0.5) is 0 Å². The van der Waals surface area contributed by atoms with Crippen LogP contribution in [0.5, 0.6) is 0 Å². The highest BCUT2D eigenvalue weighted by Gasteiger charge is 2.49. The maximum absolute atomic E-state index is 5.24. The molecule has 1 unspecified atom stereocenters. The third kappa shape index (κ3) is 1.36. The standard InChI is InChI=1S/C11H15NO/c1-9(13-12)11(7-8-11)10-5-3-2-4-6-10/h2-6,9H,7-8,12H2,1H3. The van der Waals surface area contributed by atoms with E-state index in [2.05, 4.69) is 24.3 Å². The van der Waals surface area contributed by atoms with E-state index in [1.165, 1.54) is 18.4 Å². The van der Waals surface area contributed by atoms with Crippen molar-refractivity contribution in [2.45, 2.75) is 31.3 Å². The highest BCUT2D eigenvalue weighted by atomic mass is 16.6. The number of hydrogen-bond donors (Lipinski definition) is 1. The van der Waals surface area contributed by atoms with Gasteiger partial charge in [0.15, 0.2) is 0 Å². The molecule has 0 heterocycles. The van der Waals surface area contributed by atoms with E-state index < -0.39 is 0 Å². The smallest absolute Gasteiger partial charge is 0.0855 e. The molecule has 13 heavy (non-hydrogen) atoms. The zero-order valence-electron chi connectivity index (χ0n) is 7.86. The molecule has 2 N–H and O–H groups in total. The Bertz CT molecular complexity index is 279. The summed E-state index contributed by atoms with van der Waals surface area (Å²) in [5.41, 5.74) is 1.56. The monoisotopic (exact) mass is 177 g/mol. The first-order chi connectivity index (χ1) is 6.29. The lowest BCUT2D eigenvalue weighted by Gasteiger charge is -2.21. The van der Waals surface area contributed by atoms with Crippen LogP contribution in [-0.2, 0) is 10.3 Å². The van der Waals surface area contributed by atoms with Crippen LogP contribution in [0.1, 0.15) is 25.3 Å². The van der Waals surface area contributed by atoms with Gasteiger partial charge in [-0.2, -0.15) is 0 Å². The minimum Gasteiger partial charge on any atom is -0.301 e. The number of rotatable bonds is 3. The molecule has 1 fully saturated rings. The summed E-state index contributed by atoms with van der Waals surface area (Å²) in [6, 6.07) is 10.5. The first-order valence-electron chi connectivity index (χ1n) is 4.71. The molecule has 2 nitrogen and oxygen atoms in total. The average Bonchev–Trinajstić information content (AvgIpc) is 2.99. The molecular formula is C11H15NO. The first-order valence-corrected chi connectivity index (χ1v) is 4.71. The third-order valence-corrected chi connectivity index (χ3v) is 3.12. The Labute approximate surface area is 78.7 Å². The summed E-state index contributed by atoms with van der Waals surface area (Å²) >= 11 is 0. The number of benzene rings is 1. The van der Waals surface area contributed by atoms with E-state index in [1.54, 1.807) is 0 Å². The van der Waals surface area contributed by atoms with Crippen LogP contribution >= 0.6 is 0 Å². The summed E-state index contributed by atoms with van der Waals surface area (Å²) in [4.78, 5) is 4.93. The topological polar surface area (TPSA) is 35.2 Å². The summed E-state index contributed by atoms with van der Waals surface area (Å²) < 4.78 is 0. The van der Waals surface area contributed by atoms with Gasteiger partial charge in [-0.1, -0.05) is 30.3 Å². The van der Waals surface area contributed by atoms with Crippen LogP contribution in [0.25, 0.3) is 0 Å². The summed E-state index contributed by atoms with van der Waals surface area (Å²) in [7, 11) is 0. The Morgan fingerprint density at radius 1 is 1.31 bits per heavy atom. The van der Waals surface area contributed by atoms with Gasteiger partial charge in [-0.25, -0.2) is 5.90 Å². The fourth-order valence-corrected chi connectivity index (χ4v) is 1.96. The minimum absolute atomic E-state index is 0.120. The molecule has 70 valence electrons. The molecule has 2 rings (SSSR count). The maximum Gasteiger partial charge on any atom is 0.0855 e. The lowest BCUT2D eigenvalue weighted by Crippen LogP contribution is -2.28. The van der Waals surface area contributed by atoms with Gasteiger partial charge in [0.1, 0.15) is 0 Å². The van der Waals surface area contributed by atoms with E-state index in [-0.39, 0.29) is 11.5 Å². The van der Waals surface area contributed by atoms with Gasteiger partial charge in [0, 0.05) is 5.41 Å². The molecule has 1 aromatic rings. The molecule has 1 aliphatic carbocycles. The number of hydrogen-bond acceptors (Lipinski definition) is 2. The van der Waals surface area contributed by atoms with Gasteiger partial charge < -0.3 is 4.84 Å². The second-order valence-electron chi connectivity index (χ2n) is 3.80. The molecule has 0 bridgehead atoms. The fraction of sp³-hybridized carbons (Fsp3) is 0.455. The SMILES string of the molecule is CC(ON)C1(c2ccccc2)CC1. The van der Waals surface area contributed by atoms with Crippen molar-refractivity contribution in [3.63, 3.8) is 0 Å². The Morgan fingerprint density at radius 2 is 1.92 bits per heavy atom. The maximum atomic E-state index is 5.24. The van der Waals surface area contributed by atoms with Gasteiger partial charge in [0.25, 0.3) is 0 Å². The van der Waals surface area contributed by atoms with E-state index in [0.717, 1.165) is 0 Å². The van der Waals surface area contributed by atoms with E-state index >= 15 is 0 Å². The summed E-state index contributed by atoms with van der Waals surface area (Å²) in [6.07, 6.45) is 2.50. The average molecular weight is 177 g/mol. The fourth-order valence-electron chi connectivity index (χ4n) is 1.96. The Morgan fingerprint density at radius 3 is 2.38 bits per heavy atom. The molecule has 1 aliphatic rings. The molecule has 0 aliphatic heterocycles. The van der Waals surface area contributed by atoms with Crippen LogP contribution in [0.3, 0.4) is 0 Å². The Hall–Kier alpha value is -0.860. The summed E-state index contributed by atoms with van der Waals surface area (Å²) in [5, 5.41) is 0. The molecule has 1 atom stereocenters. The lowest BCUT2D eigenvalue weighted by atomic mass is 9.91. The quantitative estimate of drug-likeness (QED) is 0.717. The molecule has 0 radical (unpaired) electrons. The zero-order valence-corrected chi connectivity index (χ0v) is 7.86. The highest BCUT2D eigenvalue weighted by Crippen LogP contribution is 2.51. The minimum atomic E-state index is 0.120. The molecule has 2 heteroatoms. The van der Waals surface area contributed by atoms with Gasteiger partial charge in [0.05, 0.1) is 6.10 Å². The summed E-state index contributed by atoms with van der Waals surface area (Å²) in [5.74, 6) is 5.24. The van der Waals surface area contributed by atoms with E-state index in [0.29, 0.717) is 0 Å². The van der Waals surface area contributed by atoms with Crippen LogP contribution in [0.2, 0.25) is 0 Å². The third-order valence-electron chi connectivity index (χ3n) is 3.12. The molecule has 1 saturated carbocycles. The van der Waals surface area contributed by atoms with Gasteiger partial charge in [-0.15, -0.1) is 0 Å². The molecule has 0 amide bonds. The summed E-state index contributed by atoms with van der Waals surface area (Å²) in [6.45, 7) is 2.04. The van der Waals surface area contributed by atoms with Crippen LogP contribution in [-0.4, -0.2) is 6.10 Å². The second-order valence-corrected chi connectivity index (χ2v) is 3.80. The molecule has 1 aromatic carbocycles. The Kier molecular flexibility index (Phi) is 2.10. The van der Waals surface area contributed by atoms with Gasteiger partial charge in [0.2, 0.25) is 0 Å². The van der Waals surface area contributed by atoms with E-state index in [4.69, 9.17) is 10.7 Å². The predicted octanol–water partition coefficient (Wildman–Crippen LogP) is 2.00. The van der Waals surface area contributed by atoms with Crippen LogP contribution in [0, 0.1) is 0 Å². The van der Waals surface area contributed by atoms with Crippen molar-refractivity contribution in [3.8, 4) is 0 Å². The van der Waals surface area contributed by atoms with Crippen molar-refractivity contribution in [2.75, 3.05) is 0 Å². The van der Waals surface area contributed by atoms with Crippen molar-refractivity contribution < 1.29 is 4.84 Å². The lowest BCUT2D eigenvalue weighted by molar-refractivity contribution is 0.0388. The van der Waals surface area contributed by atoms with Gasteiger partial charge >= 0.3 is 0 Å². The van der Waals surface area contributed by atoms with E-state index in [1.807, 2.05) is 13.0 Å².